The average Bonchev–Trinajstić information content (AvgIpc) is 2.37. The van der Waals surface area contributed by atoms with Crippen LogP contribution in [0.15, 0.2) is 0 Å². The summed E-state index contributed by atoms with van der Waals surface area (Å²) < 4.78 is 5.18. The van der Waals surface area contributed by atoms with E-state index in [2.05, 4.69) is 30.7 Å². The molecule has 1 aliphatic rings. The van der Waals surface area contributed by atoms with E-state index in [4.69, 9.17) is 4.74 Å². The van der Waals surface area contributed by atoms with E-state index in [1.807, 2.05) is 0 Å². The van der Waals surface area contributed by atoms with Crippen molar-refractivity contribution in [1.82, 2.24) is 14.7 Å². The Morgan fingerprint density at radius 2 is 2.05 bits per heavy atom. The number of nitrogens with zero attached hydrogens (tertiary/aromatic N) is 3. The standard InChI is InChI=1S/C14H29N3O2/c1-6-17-8-7-13(12(2)11-17)16(5)9-10-19-14(18)15(3)4/h12-13H,6-11H2,1-5H3/t12-,13-/m0/s1. The van der Waals surface area contributed by atoms with Crippen LogP contribution in [0.25, 0.3) is 0 Å². The summed E-state index contributed by atoms with van der Waals surface area (Å²) in [4.78, 5) is 17.6. The van der Waals surface area contributed by atoms with Gasteiger partial charge in [-0.2, -0.15) is 0 Å². The zero-order valence-corrected chi connectivity index (χ0v) is 13.1. The summed E-state index contributed by atoms with van der Waals surface area (Å²) in [5.41, 5.74) is 0. The minimum absolute atomic E-state index is 0.262. The molecule has 0 radical (unpaired) electrons. The molecule has 1 fully saturated rings. The van der Waals surface area contributed by atoms with E-state index in [0.29, 0.717) is 18.6 Å². The highest BCUT2D eigenvalue weighted by atomic mass is 16.6. The molecular weight excluding hydrogens is 242 g/mol. The second kappa shape index (κ2) is 7.70. The number of hydrogen-bond acceptors (Lipinski definition) is 4. The molecule has 5 nitrogen and oxygen atoms in total. The van der Waals surface area contributed by atoms with Gasteiger partial charge in [0.1, 0.15) is 6.61 Å². The predicted octanol–water partition coefficient (Wildman–Crippen LogP) is 1.35. The third-order valence-corrected chi connectivity index (χ3v) is 3.99. The Kier molecular flexibility index (Phi) is 6.58. The van der Waals surface area contributed by atoms with Gasteiger partial charge in [0.15, 0.2) is 0 Å². The van der Waals surface area contributed by atoms with Gasteiger partial charge in [0.25, 0.3) is 0 Å². The third-order valence-electron chi connectivity index (χ3n) is 3.99. The molecular formula is C14H29N3O2. The Labute approximate surface area is 117 Å². The highest BCUT2D eigenvalue weighted by Crippen LogP contribution is 2.20. The van der Waals surface area contributed by atoms with Crippen LogP contribution in [-0.2, 0) is 4.74 Å². The minimum atomic E-state index is -0.262. The third kappa shape index (κ3) is 4.99. The van der Waals surface area contributed by atoms with Gasteiger partial charge >= 0.3 is 6.09 Å². The Balaban J connectivity index is 2.29. The maximum absolute atomic E-state index is 11.3. The number of carbonyl (C=O) groups is 1. The molecule has 1 saturated heterocycles. The largest absolute Gasteiger partial charge is 0.448 e. The lowest BCUT2D eigenvalue weighted by Crippen LogP contribution is -2.49. The number of ether oxygens (including phenoxy) is 1. The molecule has 0 aromatic carbocycles. The zero-order chi connectivity index (χ0) is 14.4. The van der Waals surface area contributed by atoms with E-state index in [0.717, 1.165) is 13.1 Å². The molecule has 0 bridgehead atoms. The number of rotatable bonds is 5. The molecule has 2 atom stereocenters. The lowest BCUT2D eigenvalue weighted by atomic mass is 9.93. The van der Waals surface area contributed by atoms with Crippen LogP contribution in [0.5, 0.6) is 0 Å². The fourth-order valence-corrected chi connectivity index (χ4v) is 2.73. The Hall–Kier alpha value is -0.810. The van der Waals surface area contributed by atoms with Gasteiger partial charge in [0, 0.05) is 33.2 Å². The number of piperidine rings is 1. The summed E-state index contributed by atoms with van der Waals surface area (Å²) in [7, 11) is 5.54. The SMILES string of the molecule is CCN1CC[C@H](N(C)CCOC(=O)N(C)C)[C@@H](C)C1. The maximum atomic E-state index is 11.3. The van der Waals surface area contributed by atoms with Crippen LogP contribution in [0.4, 0.5) is 4.79 Å². The van der Waals surface area contributed by atoms with Crippen LogP contribution in [-0.4, -0.2) is 80.8 Å². The van der Waals surface area contributed by atoms with Gasteiger partial charge in [-0.25, -0.2) is 4.79 Å². The fourth-order valence-electron chi connectivity index (χ4n) is 2.73. The second-order valence-corrected chi connectivity index (χ2v) is 5.72. The summed E-state index contributed by atoms with van der Waals surface area (Å²) in [6.07, 6.45) is 0.940. The van der Waals surface area contributed by atoms with E-state index in [1.165, 1.54) is 24.4 Å². The van der Waals surface area contributed by atoms with E-state index in [1.54, 1.807) is 14.1 Å². The predicted molar refractivity (Wildman–Crippen MR) is 77.3 cm³/mol. The first-order valence-corrected chi connectivity index (χ1v) is 7.22. The summed E-state index contributed by atoms with van der Waals surface area (Å²) in [5, 5.41) is 0. The Morgan fingerprint density at radius 3 is 2.58 bits per heavy atom. The first-order chi connectivity index (χ1) is 8.95. The number of likely N-dealkylation sites (N-methyl/N-ethyl adjacent to an activating group) is 1. The number of likely N-dealkylation sites (tertiary alicyclic amines) is 1. The van der Waals surface area contributed by atoms with Gasteiger partial charge in [-0.1, -0.05) is 13.8 Å². The van der Waals surface area contributed by atoms with Gasteiger partial charge < -0.3 is 14.5 Å². The Morgan fingerprint density at radius 1 is 1.37 bits per heavy atom. The van der Waals surface area contributed by atoms with Crippen LogP contribution >= 0.6 is 0 Å². The molecule has 0 aromatic rings. The first kappa shape index (κ1) is 16.2. The van der Waals surface area contributed by atoms with Crippen molar-refractivity contribution in [3.05, 3.63) is 0 Å². The maximum Gasteiger partial charge on any atom is 0.409 e. The summed E-state index contributed by atoms with van der Waals surface area (Å²) >= 11 is 0. The van der Waals surface area contributed by atoms with Crippen LogP contribution in [0, 0.1) is 5.92 Å². The van der Waals surface area contributed by atoms with E-state index >= 15 is 0 Å². The normalized spacial score (nSPS) is 24.5. The van der Waals surface area contributed by atoms with E-state index < -0.39 is 0 Å². The molecule has 5 heteroatoms. The van der Waals surface area contributed by atoms with Crippen molar-refractivity contribution < 1.29 is 9.53 Å². The summed E-state index contributed by atoms with van der Waals surface area (Å²) in [6.45, 7) is 9.29. The molecule has 0 unspecified atom stereocenters. The highest BCUT2D eigenvalue weighted by molar-refractivity contribution is 5.66. The van der Waals surface area contributed by atoms with Crippen molar-refractivity contribution in [3.8, 4) is 0 Å². The summed E-state index contributed by atoms with van der Waals surface area (Å²) in [5.74, 6) is 0.670. The zero-order valence-electron chi connectivity index (χ0n) is 13.1. The quantitative estimate of drug-likeness (QED) is 0.756. The van der Waals surface area contributed by atoms with Crippen molar-refractivity contribution in [2.24, 2.45) is 5.92 Å². The lowest BCUT2D eigenvalue weighted by Gasteiger charge is -2.41. The highest BCUT2D eigenvalue weighted by Gasteiger charge is 2.28. The van der Waals surface area contributed by atoms with Gasteiger partial charge in [-0.15, -0.1) is 0 Å². The molecule has 1 heterocycles. The molecule has 19 heavy (non-hydrogen) atoms. The summed E-state index contributed by atoms with van der Waals surface area (Å²) in [6, 6.07) is 0.598. The lowest BCUT2D eigenvalue weighted by molar-refractivity contribution is 0.0600. The van der Waals surface area contributed by atoms with Crippen molar-refractivity contribution in [1.29, 1.82) is 0 Å². The average molecular weight is 271 g/mol. The first-order valence-electron chi connectivity index (χ1n) is 7.22. The molecule has 1 amide bonds. The fraction of sp³-hybridized carbons (Fsp3) is 0.929. The van der Waals surface area contributed by atoms with Crippen LogP contribution in [0.1, 0.15) is 20.3 Å². The molecule has 1 rings (SSSR count). The topological polar surface area (TPSA) is 36.0 Å². The second-order valence-electron chi connectivity index (χ2n) is 5.72. The molecule has 0 spiro atoms. The van der Waals surface area contributed by atoms with Crippen molar-refractivity contribution in [2.75, 3.05) is 53.9 Å². The van der Waals surface area contributed by atoms with Gasteiger partial charge in [0.2, 0.25) is 0 Å². The molecule has 0 N–H and O–H groups in total. The van der Waals surface area contributed by atoms with Crippen molar-refractivity contribution in [2.45, 2.75) is 26.3 Å². The van der Waals surface area contributed by atoms with Gasteiger partial charge in [-0.05, 0) is 32.5 Å². The van der Waals surface area contributed by atoms with Crippen LogP contribution in [0.2, 0.25) is 0 Å². The molecule has 0 aromatic heterocycles. The van der Waals surface area contributed by atoms with Crippen LogP contribution < -0.4 is 0 Å². The minimum Gasteiger partial charge on any atom is -0.448 e. The van der Waals surface area contributed by atoms with Gasteiger partial charge in [-0.3, -0.25) is 4.90 Å². The number of amides is 1. The van der Waals surface area contributed by atoms with Crippen LogP contribution in [0.3, 0.4) is 0 Å². The molecule has 0 aliphatic carbocycles. The van der Waals surface area contributed by atoms with Crippen molar-refractivity contribution >= 4 is 6.09 Å². The Bertz CT molecular complexity index is 284. The van der Waals surface area contributed by atoms with Crippen molar-refractivity contribution in [3.63, 3.8) is 0 Å². The van der Waals surface area contributed by atoms with E-state index in [9.17, 15) is 4.79 Å². The monoisotopic (exact) mass is 271 g/mol. The molecule has 0 saturated carbocycles. The molecule has 1 aliphatic heterocycles. The molecule has 112 valence electrons. The smallest absolute Gasteiger partial charge is 0.409 e. The van der Waals surface area contributed by atoms with Gasteiger partial charge in [0.05, 0.1) is 0 Å². The van der Waals surface area contributed by atoms with E-state index in [-0.39, 0.29) is 6.09 Å². The number of hydrogen-bond donors (Lipinski definition) is 0. The number of carbonyl (C=O) groups excluding carboxylic acids is 1.